The van der Waals surface area contributed by atoms with E-state index in [4.69, 9.17) is 16.7 Å². The minimum absolute atomic E-state index is 0.0615. The van der Waals surface area contributed by atoms with Crippen molar-refractivity contribution >= 4 is 23.5 Å². The fourth-order valence-electron chi connectivity index (χ4n) is 1.30. The Morgan fingerprint density at radius 3 is 2.69 bits per heavy atom. The van der Waals surface area contributed by atoms with E-state index in [9.17, 15) is 9.59 Å². The van der Waals surface area contributed by atoms with Crippen molar-refractivity contribution in [2.45, 2.75) is 13.3 Å². The third kappa shape index (κ3) is 3.27. The van der Waals surface area contributed by atoms with Gasteiger partial charge in [-0.15, -0.1) is 0 Å². The third-order valence-electron chi connectivity index (χ3n) is 2.14. The van der Waals surface area contributed by atoms with E-state index in [1.165, 1.54) is 17.2 Å². The molecule has 0 atom stereocenters. The normalized spacial score (nSPS) is 10.1. The van der Waals surface area contributed by atoms with Gasteiger partial charge in [0, 0.05) is 19.3 Å². The standard InChI is InChI=1S/C10H13ClN2O3/c1-2-13(4-3-9(14)15)10(16)8-5-7(11)6-12-8/h5-6,12H,2-4H2,1H3,(H,14,15). The molecule has 1 aromatic heterocycles. The Morgan fingerprint density at radius 2 is 2.25 bits per heavy atom. The Bertz CT molecular complexity index is 389. The molecule has 1 rings (SSSR count). The molecule has 0 aliphatic rings. The first kappa shape index (κ1) is 12.6. The van der Waals surface area contributed by atoms with Gasteiger partial charge in [-0.1, -0.05) is 11.6 Å². The van der Waals surface area contributed by atoms with E-state index in [2.05, 4.69) is 4.98 Å². The van der Waals surface area contributed by atoms with E-state index < -0.39 is 5.97 Å². The van der Waals surface area contributed by atoms with Crippen LogP contribution in [0.15, 0.2) is 12.3 Å². The summed E-state index contributed by atoms with van der Waals surface area (Å²) in [7, 11) is 0. The highest BCUT2D eigenvalue weighted by atomic mass is 35.5. The van der Waals surface area contributed by atoms with Crippen LogP contribution in [0.4, 0.5) is 0 Å². The monoisotopic (exact) mass is 244 g/mol. The number of H-pyrrole nitrogens is 1. The maximum absolute atomic E-state index is 11.8. The molecule has 0 radical (unpaired) electrons. The summed E-state index contributed by atoms with van der Waals surface area (Å²) in [5.74, 6) is -1.16. The molecular weight excluding hydrogens is 232 g/mol. The maximum atomic E-state index is 11.8. The van der Waals surface area contributed by atoms with E-state index >= 15 is 0 Å². The zero-order chi connectivity index (χ0) is 12.1. The van der Waals surface area contributed by atoms with Gasteiger partial charge in [0.1, 0.15) is 5.69 Å². The van der Waals surface area contributed by atoms with Crippen molar-refractivity contribution in [2.75, 3.05) is 13.1 Å². The van der Waals surface area contributed by atoms with Crippen molar-refractivity contribution in [3.05, 3.63) is 23.0 Å². The van der Waals surface area contributed by atoms with E-state index in [1.807, 2.05) is 0 Å². The number of nitrogens with zero attached hydrogens (tertiary/aromatic N) is 1. The predicted octanol–water partition coefficient (Wildman–Crippen LogP) is 1.60. The first-order valence-corrected chi connectivity index (χ1v) is 5.27. The lowest BCUT2D eigenvalue weighted by molar-refractivity contribution is -0.137. The second kappa shape index (κ2) is 5.55. The molecule has 5 nitrogen and oxygen atoms in total. The summed E-state index contributed by atoms with van der Waals surface area (Å²) in [6.45, 7) is 2.45. The molecule has 16 heavy (non-hydrogen) atoms. The van der Waals surface area contributed by atoms with Crippen LogP contribution >= 0.6 is 11.6 Å². The molecule has 88 valence electrons. The molecule has 0 saturated carbocycles. The highest BCUT2D eigenvalue weighted by Gasteiger charge is 2.16. The number of hydrogen-bond donors (Lipinski definition) is 2. The molecule has 0 spiro atoms. The summed E-state index contributed by atoms with van der Waals surface area (Å²) in [6, 6.07) is 1.52. The molecule has 0 aromatic carbocycles. The van der Waals surface area contributed by atoms with Gasteiger partial charge < -0.3 is 15.0 Å². The summed E-state index contributed by atoms with van der Waals surface area (Å²) < 4.78 is 0. The molecule has 6 heteroatoms. The van der Waals surface area contributed by atoms with Crippen LogP contribution in [0.1, 0.15) is 23.8 Å². The van der Waals surface area contributed by atoms with Crippen LogP contribution in [-0.4, -0.2) is 40.0 Å². The Hall–Kier alpha value is -1.49. The number of hydrogen-bond acceptors (Lipinski definition) is 2. The van der Waals surface area contributed by atoms with E-state index in [0.717, 1.165) is 0 Å². The quantitative estimate of drug-likeness (QED) is 0.826. The zero-order valence-electron chi connectivity index (χ0n) is 8.86. The van der Waals surface area contributed by atoms with Crippen molar-refractivity contribution in [1.29, 1.82) is 0 Å². The number of aromatic nitrogens is 1. The summed E-state index contributed by atoms with van der Waals surface area (Å²) in [6.07, 6.45) is 1.45. The number of rotatable bonds is 5. The number of halogens is 1. The smallest absolute Gasteiger partial charge is 0.305 e. The SMILES string of the molecule is CCN(CCC(=O)O)C(=O)c1cc(Cl)c[nH]1. The van der Waals surface area contributed by atoms with Gasteiger partial charge in [0.05, 0.1) is 11.4 Å². The van der Waals surface area contributed by atoms with Crippen molar-refractivity contribution in [3.63, 3.8) is 0 Å². The van der Waals surface area contributed by atoms with Crippen molar-refractivity contribution < 1.29 is 14.7 Å². The van der Waals surface area contributed by atoms with Crippen LogP contribution in [-0.2, 0) is 4.79 Å². The summed E-state index contributed by atoms with van der Waals surface area (Å²) in [4.78, 5) is 26.5. The Kier molecular flexibility index (Phi) is 4.37. The molecule has 0 aliphatic heterocycles. The van der Waals surface area contributed by atoms with E-state index in [1.54, 1.807) is 6.92 Å². The third-order valence-corrected chi connectivity index (χ3v) is 2.36. The number of carbonyl (C=O) groups excluding carboxylic acids is 1. The average molecular weight is 245 g/mol. The molecule has 0 bridgehead atoms. The molecule has 0 aliphatic carbocycles. The molecule has 0 saturated heterocycles. The van der Waals surface area contributed by atoms with Gasteiger partial charge in [-0.3, -0.25) is 9.59 Å². The van der Waals surface area contributed by atoms with Gasteiger partial charge in [0.15, 0.2) is 0 Å². The van der Waals surface area contributed by atoms with Crippen LogP contribution in [0.2, 0.25) is 5.02 Å². The second-order valence-corrected chi connectivity index (χ2v) is 3.70. The second-order valence-electron chi connectivity index (χ2n) is 3.26. The van der Waals surface area contributed by atoms with Crippen molar-refractivity contribution in [2.24, 2.45) is 0 Å². The van der Waals surface area contributed by atoms with E-state index in [0.29, 0.717) is 17.3 Å². The van der Waals surface area contributed by atoms with Gasteiger partial charge in [-0.25, -0.2) is 0 Å². The maximum Gasteiger partial charge on any atom is 0.305 e. The van der Waals surface area contributed by atoms with Gasteiger partial charge >= 0.3 is 5.97 Å². The number of nitrogens with one attached hydrogen (secondary N) is 1. The number of carboxylic acids is 1. The number of aromatic amines is 1. The largest absolute Gasteiger partial charge is 0.481 e. The zero-order valence-corrected chi connectivity index (χ0v) is 9.62. The van der Waals surface area contributed by atoms with Crippen molar-refractivity contribution in [1.82, 2.24) is 9.88 Å². The topological polar surface area (TPSA) is 73.4 Å². The fourth-order valence-corrected chi connectivity index (χ4v) is 1.46. The lowest BCUT2D eigenvalue weighted by atomic mass is 10.3. The van der Waals surface area contributed by atoms with Crippen LogP contribution in [0.25, 0.3) is 0 Å². The number of carbonyl (C=O) groups is 2. The molecule has 1 heterocycles. The highest BCUT2D eigenvalue weighted by Crippen LogP contribution is 2.11. The van der Waals surface area contributed by atoms with Gasteiger partial charge in [-0.05, 0) is 13.0 Å². The summed E-state index contributed by atoms with van der Waals surface area (Å²) >= 11 is 5.68. The molecule has 2 N–H and O–H groups in total. The first-order chi connectivity index (χ1) is 7.54. The van der Waals surface area contributed by atoms with E-state index in [-0.39, 0.29) is 18.9 Å². The molecular formula is C10H13ClN2O3. The van der Waals surface area contributed by atoms with Gasteiger partial charge in [0.2, 0.25) is 0 Å². The predicted molar refractivity (Wildman–Crippen MR) is 59.6 cm³/mol. The Labute approximate surface area is 98.0 Å². The molecule has 1 aromatic rings. The Morgan fingerprint density at radius 1 is 1.56 bits per heavy atom. The molecule has 0 unspecified atom stereocenters. The lowest BCUT2D eigenvalue weighted by Gasteiger charge is -2.18. The molecule has 1 amide bonds. The Balaban J connectivity index is 2.66. The van der Waals surface area contributed by atoms with Crippen molar-refractivity contribution in [3.8, 4) is 0 Å². The minimum Gasteiger partial charge on any atom is -0.481 e. The lowest BCUT2D eigenvalue weighted by Crippen LogP contribution is -2.33. The number of aliphatic carboxylic acids is 1. The highest BCUT2D eigenvalue weighted by molar-refractivity contribution is 6.30. The number of carboxylic acid groups (broad SMARTS) is 1. The summed E-state index contributed by atoms with van der Waals surface area (Å²) in [5, 5.41) is 9.00. The van der Waals surface area contributed by atoms with Gasteiger partial charge in [0.25, 0.3) is 5.91 Å². The minimum atomic E-state index is -0.921. The van der Waals surface area contributed by atoms with Crippen LogP contribution in [0, 0.1) is 0 Å². The average Bonchev–Trinajstić information content (AvgIpc) is 2.65. The summed E-state index contributed by atoms with van der Waals surface area (Å²) in [5.41, 5.74) is 0.372. The van der Waals surface area contributed by atoms with Gasteiger partial charge in [-0.2, -0.15) is 0 Å². The fraction of sp³-hybridized carbons (Fsp3) is 0.400. The first-order valence-electron chi connectivity index (χ1n) is 4.89. The molecule has 0 fully saturated rings. The van der Waals surface area contributed by atoms with Crippen LogP contribution in [0.3, 0.4) is 0 Å². The number of amides is 1. The van der Waals surface area contributed by atoms with Crippen LogP contribution in [0.5, 0.6) is 0 Å². The van der Waals surface area contributed by atoms with Crippen LogP contribution < -0.4 is 0 Å².